The van der Waals surface area contributed by atoms with Crippen LogP contribution in [0, 0.1) is 0 Å². The fourth-order valence-electron chi connectivity index (χ4n) is 3.09. The molecule has 1 aliphatic rings. The van der Waals surface area contributed by atoms with Crippen LogP contribution < -0.4 is 10.8 Å². The lowest BCUT2D eigenvalue weighted by Crippen LogP contribution is -2.45. The van der Waals surface area contributed by atoms with Gasteiger partial charge in [0.2, 0.25) is 0 Å². The Balaban J connectivity index is 1.61. The van der Waals surface area contributed by atoms with Crippen LogP contribution >= 0.6 is 0 Å². The molecule has 7 nitrogen and oxygen atoms in total. The molecule has 1 atom stereocenters. The summed E-state index contributed by atoms with van der Waals surface area (Å²) in [5, 5.41) is 2.41. The lowest BCUT2D eigenvalue weighted by atomic mass is 9.98. The molecule has 0 unspecified atom stereocenters. The second kappa shape index (κ2) is 7.90. The van der Waals surface area contributed by atoms with Crippen LogP contribution in [-0.4, -0.2) is 30.6 Å². The van der Waals surface area contributed by atoms with E-state index in [0.717, 1.165) is 29.2 Å². The van der Waals surface area contributed by atoms with Crippen molar-refractivity contribution in [3.05, 3.63) is 59.7 Å². The van der Waals surface area contributed by atoms with Crippen LogP contribution in [0.15, 0.2) is 48.5 Å². The first-order valence-electron chi connectivity index (χ1n) is 8.56. The van der Waals surface area contributed by atoms with E-state index < -0.39 is 24.0 Å². The monoisotopic (exact) mass is 368 g/mol. The summed E-state index contributed by atoms with van der Waals surface area (Å²) in [6.07, 6.45) is -0.720. The van der Waals surface area contributed by atoms with Gasteiger partial charge in [0.15, 0.2) is 0 Å². The van der Waals surface area contributed by atoms with E-state index in [1.165, 1.54) is 6.92 Å². The molecule has 0 aromatic heterocycles. The zero-order valence-corrected chi connectivity index (χ0v) is 15.0. The molecule has 2 aromatic rings. The summed E-state index contributed by atoms with van der Waals surface area (Å²) in [5.41, 5.74) is 6.43. The van der Waals surface area contributed by atoms with Crippen molar-refractivity contribution in [3.63, 3.8) is 0 Å². The van der Waals surface area contributed by atoms with Crippen molar-refractivity contribution in [1.82, 2.24) is 10.8 Å². The maximum Gasteiger partial charge on any atom is 0.407 e. The molecule has 0 heterocycles. The van der Waals surface area contributed by atoms with Crippen molar-refractivity contribution in [2.45, 2.75) is 25.8 Å². The summed E-state index contributed by atoms with van der Waals surface area (Å²) in [5.74, 6) is -1.37. The van der Waals surface area contributed by atoms with E-state index in [2.05, 4.69) is 22.3 Å². The molecule has 27 heavy (non-hydrogen) atoms. The minimum absolute atomic E-state index is 0.0617. The highest BCUT2D eigenvalue weighted by Crippen LogP contribution is 2.44. The number of alkyl carbamates (subject to hydrolysis) is 1. The molecule has 1 aliphatic carbocycles. The molecule has 2 aromatic carbocycles. The number of hydrogen-bond acceptors (Lipinski definition) is 5. The highest BCUT2D eigenvalue weighted by atomic mass is 16.7. The lowest BCUT2D eigenvalue weighted by molar-refractivity contribution is -0.156. The van der Waals surface area contributed by atoms with Crippen molar-refractivity contribution in [2.24, 2.45) is 0 Å². The van der Waals surface area contributed by atoms with Gasteiger partial charge in [-0.15, -0.1) is 0 Å². The van der Waals surface area contributed by atoms with E-state index in [1.807, 2.05) is 41.9 Å². The smallest absolute Gasteiger partial charge is 0.407 e. The molecule has 0 spiro atoms. The third-order valence-electron chi connectivity index (χ3n) is 4.37. The molecule has 7 heteroatoms. The number of carbonyl (C=O) groups is 3. The first kappa shape index (κ1) is 18.4. The van der Waals surface area contributed by atoms with Gasteiger partial charge in [-0.3, -0.25) is 9.59 Å². The van der Waals surface area contributed by atoms with E-state index >= 15 is 0 Å². The van der Waals surface area contributed by atoms with Crippen LogP contribution in [0.2, 0.25) is 0 Å². The molecule has 0 bridgehead atoms. The van der Waals surface area contributed by atoms with Crippen LogP contribution in [0.5, 0.6) is 0 Å². The van der Waals surface area contributed by atoms with Gasteiger partial charge in [0.1, 0.15) is 12.6 Å². The van der Waals surface area contributed by atoms with Gasteiger partial charge >= 0.3 is 12.1 Å². The topological polar surface area (TPSA) is 93.7 Å². The Hall–Kier alpha value is -3.35. The molecule has 3 rings (SSSR count). The summed E-state index contributed by atoms with van der Waals surface area (Å²) >= 11 is 0. The van der Waals surface area contributed by atoms with Gasteiger partial charge in [-0.25, -0.2) is 4.79 Å². The molecule has 0 saturated heterocycles. The van der Waals surface area contributed by atoms with E-state index in [-0.39, 0.29) is 12.5 Å². The van der Waals surface area contributed by atoms with Gasteiger partial charge in [0.25, 0.3) is 5.91 Å². The number of rotatable bonds is 4. The Bertz CT molecular complexity index is 835. The molecule has 140 valence electrons. The quantitative estimate of drug-likeness (QED) is 0.809. The van der Waals surface area contributed by atoms with E-state index in [0.29, 0.717) is 0 Å². The summed E-state index contributed by atoms with van der Waals surface area (Å²) in [6.45, 7) is 2.77. The Morgan fingerprint density at radius 3 is 2.11 bits per heavy atom. The van der Waals surface area contributed by atoms with Gasteiger partial charge in [0.05, 0.1) is 0 Å². The Kier molecular flexibility index (Phi) is 5.40. The van der Waals surface area contributed by atoms with Crippen molar-refractivity contribution >= 4 is 18.0 Å². The third-order valence-corrected chi connectivity index (χ3v) is 4.37. The molecule has 2 N–H and O–H groups in total. The fourth-order valence-corrected chi connectivity index (χ4v) is 3.09. The van der Waals surface area contributed by atoms with Crippen LogP contribution in [0.3, 0.4) is 0 Å². The van der Waals surface area contributed by atoms with Gasteiger partial charge in [-0.1, -0.05) is 48.5 Å². The zero-order valence-electron chi connectivity index (χ0n) is 15.0. The van der Waals surface area contributed by atoms with Crippen LogP contribution in [-0.2, 0) is 19.2 Å². The number of ether oxygens (including phenoxy) is 1. The normalized spacial score (nSPS) is 13.1. The first-order chi connectivity index (χ1) is 13.0. The predicted octanol–water partition coefficient (Wildman–Crippen LogP) is 2.51. The molecular formula is C20H20N2O5. The van der Waals surface area contributed by atoms with E-state index in [1.54, 1.807) is 0 Å². The SMILES string of the molecule is CC(=O)ONC(=O)[C@H](C)NC(=O)OCC1c2ccccc2-c2ccccc21. The highest BCUT2D eigenvalue weighted by Gasteiger charge is 2.29. The third kappa shape index (κ3) is 4.08. The lowest BCUT2D eigenvalue weighted by Gasteiger charge is -2.16. The number of fused-ring (bicyclic) bond motifs is 3. The van der Waals surface area contributed by atoms with Crippen molar-refractivity contribution in [2.75, 3.05) is 6.61 Å². The number of hydroxylamine groups is 1. The predicted molar refractivity (Wildman–Crippen MR) is 97.6 cm³/mol. The molecule has 0 radical (unpaired) electrons. The summed E-state index contributed by atoms with van der Waals surface area (Å²) in [7, 11) is 0. The largest absolute Gasteiger partial charge is 0.449 e. The number of benzene rings is 2. The van der Waals surface area contributed by atoms with Crippen molar-refractivity contribution in [1.29, 1.82) is 0 Å². The Labute approximate surface area is 156 Å². The fraction of sp³-hybridized carbons (Fsp3) is 0.250. The summed E-state index contributed by atoms with van der Waals surface area (Å²) in [6, 6.07) is 15.1. The Morgan fingerprint density at radius 2 is 1.56 bits per heavy atom. The zero-order chi connectivity index (χ0) is 19.4. The Morgan fingerprint density at radius 1 is 1.00 bits per heavy atom. The maximum absolute atomic E-state index is 12.1. The van der Waals surface area contributed by atoms with Gasteiger partial charge in [0, 0.05) is 12.8 Å². The van der Waals surface area contributed by atoms with Crippen molar-refractivity contribution < 1.29 is 24.0 Å². The van der Waals surface area contributed by atoms with Crippen LogP contribution in [0.25, 0.3) is 11.1 Å². The summed E-state index contributed by atoms with van der Waals surface area (Å²) < 4.78 is 5.35. The maximum atomic E-state index is 12.1. The first-order valence-corrected chi connectivity index (χ1v) is 8.56. The van der Waals surface area contributed by atoms with Gasteiger partial charge < -0.3 is 14.9 Å². The molecule has 0 fully saturated rings. The summed E-state index contributed by atoms with van der Waals surface area (Å²) in [4.78, 5) is 38.9. The molecular weight excluding hydrogens is 348 g/mol. The average molecular weight is 368 g/mol. The number of carbonyl (C=O) groups excluding carboxylic acids is 3. The van der Waals surface area contributed by atoms with Gasteiger partial charge in [-0.05, 0) is 29.2 Å². The minimum Gasteiger partial charge on any atom is -0.449 e. The number of nitrogens with one attached hydrogen (secondary N) is 2. The molecule has 0 aliphatic heterocycles. The number of amides is 2. The molecule has 0 saturated carbocycles. The minimum atomic E-state index is -0.917. The van der Waals surface area contributed by atoms with E-state index in [4.69, 9.17) is 4.74 Å². The molecule has 2 amide bonds. The standard InChI is InChI=1S/C20H20N2O5/c1-12(19(24)22-27-13(2)23)21-20(25)26-11-18-16-9-5-3-7-14(16)15-8-4-6-10-17(15)18/h3-10,12,18H,11H2,1-2H3,(H,21,25)(H,22,24)/t12-/m0/s1. The highest BCUT2D eigenvalue weighted by molar-refractivity contribution is 5.85. The van der Waals surface area contributed by atoms with Crippen LogP contribution in [0.4, 0.5) is 4.79 Å². The number of hydrogen-bond donors (Lipinski definition) is 2. The van der Waals surface area contributed by atoms with Gasteiger partial charge in [-0.2, -0.15) is 5.48 Å². The average Bonchev–Trinajstić information content (AvgIpc) is 2.98. The second-order valence-corrected chi connectivity index (χ2v) is 6.25. The van der Waals surface area contributed by atoms with E-state index in [9.17, 15) is 14.4 Å². The van der Waals surface area contributed by atoms with Crippen molar-refractivity contribution in [3.8, 4) is 11.1 Å². The van der Waals surface area contributed by atoms with Crippen LogP contribution in [0.1, 0.15) is 30.9 Å². The second-order valence-electron chi connectivity index (χ2n) is 6.25.